The van der Waals surface area contributed by atoms with Gasteiger partial charge in [0, 0.05) is 6.54 Å². The van der Waals surface area contributed by atoms with Gasteiger partial charge in [0.1, 0.15) is 5.54 Å². The Hall–Kier alpha value is -1.21. The highest BCUT2D eigenvalue weighted by Crippen LogP contribution is 2.29. The number of aliphatic carboxylic acids is 1. The Kier molecular flexibility index (Phi) is 4.83. The van der Waals surface area contributed by atoms with Gasteiger partial charge in [-0.2, -0.15) is 0 Å². The van der Waals surface area contributed by atoms with E-state index in [4.69, 9.17) is 23.2 Å². The zero-order valence-corrected chi connectivity index (χ0v) is 13.7. The monoisotopic (exact) mass is 345 g/mol. The predicted molar refractivity (Wildman–Crippen MR) is 82.9 cm³/mol. The number of hydrogen-bond donors (Lipinski definition) is 2. The lowest BCUT2D eigenvalue weighted by molar-refractivity contribution is -0.144. The number of carbonyl (C=O) groups is 1. The van der Waals surface area contributed by atoms with Gasteiger partial charge >= 0.3 is 5.97 Å². The molecule has 2 N–H and O–H groups in total. The van der Waals surface area contributed by atoms with Crippen LogP contribution in [0.25, 0.3) is 0 Å². The van der Waals surface area contributed by atoms with E-state index in [0.29, 0.717) is 22.2 Å². The summed E-state index contributed by atoms with van der Waals surface area (Å²) in [6.45, 7) is 3.77. The molecule has 0 bridgehead atoms. The number of carboxylic acids is 1. The maximum Gasteiger partial charge on any atom is 0.328 e. The third kappa shape index (κ3) is 3.35. The summed E-state index contributed by atoms with van der Waals surface area (Å²) in [6, 6.07) is 4.79. The number of nitrogens with zero attached hydrogens (tertiary/aromatic N) is 2. The number of nitrogens with one attached hydrogen (secondary N) is 1. The van der Waals surface area contributed by atoms with E-state index in [9.17, 15) is 9.90 Å². The number of carboxylic acid groups (broad SMARTS) is 1. The Balaban J connectivity index is 2.29. The number of hydrogen-bond acceptors (Lipinski definition) is 5. The smallest absolute Gasteiger partial charge is 0.328 e. The molecule has 21 heavy (non-hydrogen) atoms. The molecule has 2 aromatic rings. The van der Waals surface area contributed by atoms with Crippen molar-refractivity contribution in [1.29, 1.82) is 0 Å². The van der Waals surface area contributed by atoms with E-state index >= 15 is 0 Å². The summed E-state index contributed by atoms with van der Waals surface area (Å²) in [5, 5.41) is 17.2. The highest BCUT2D eigenvalue weighted by molar-refractivity contribution is 7.05. The summed E-state index contributed by atoms with van der Waals surface area (Å²) in [5.41, 5.74) is 0.0268. The van der Waals surface area contributed by atoms with Crippen molar-refractivity contribution in [3.05, 3.63) is 44.4 Å². The van der Waals surface area contributed by atoms with E-state index < -0.39 is 11.5 Å². The van der Waals surface area contributed by atoms with E-state index in [1.165, 1.54) is 11.5 Å². The van der Waals surface area contributed by atoms with Gasteiger partial charge in [0.25, 0.3) is 0 Å². The third-order valence-corrected chi connectivity index (χ3v) is 4.84. The van der Waals surface area contributed by atoms with Gasteiger partial charge in [0.15, 0.2) is 0 Å². The fourth-order valence-corrected chi connectivity index (χ4v) is 2.65. The van der Waals surface area contributed by atoms with Crippen LogP contribution in [0.5, 0.6) is 0 Å². The van der Waals surface area contributed by atoms with Crippen LogP contribution >= 0.6 is 34.7 Å². The second kappa shape index (κ2) is 6.27. The molecule has 8 heteroatoms. The molecule has 5 nitrogen and oxygen atoms in total. The molecule has 0 aliphatic heterocycles. The Morgan fingerprint density at radius 1 is 1.43 bits per heavy atom. The van der Waals surface area contributed by atoms with Crippen LogP contribution in [-0.2, 0) is 16.9 Å². The molecule has 0 saturated heterocycles. The van der Waals surface area contributed by atoms with Gasteiger partial charge in [0.2, 0.25) is 0 Å². The quantitative estimate of drug-likeness (QED) is 0.869. The van der Waals surface area contributed by atoms with Crippen LogP contribution in [0.15, 0.2) is 18.2 Å². The Morgan fingerprint density at radius 3 is 2.67 bits per heavy atom. The molecule has 1 aromatic heterocycles. The van der Waals surface area contributed by atoms with Crippen molar-refractivity contribution in [3.8, 4) is 0 Å². The summed E-state index contributed by atoms with van der Waals surface area (Å²) < 4.78 is 3.83. The first-order chi connectivity index (χ1) is 9.84. The molecule has 0 radical (unpaired) electrons. The van der Waals surface area contributed by atoms with Crippen LogP contribution in [-0.4, -0.2) is 20.7 Å². The molecule has 0 aliphatic rings. The lowest BCUT2D eigenvalue weighted by Gasteiger charge is -2.27. The second-order valence-corrected chi connectivity index (χ2v) is 6.35. The number of aromatic nitrogens is 2. The predicted octanol–water partition coefficient (Wildman–Crippen LogP) is 3.24. The standard InChI is InChI=1S/C13H13Cl2N3O2S/c1-7-11(21-18-17-7)6-16-13(2,12(19)20)8-3-4-9(14)10(15)5-8/h3-5,16H,6H2,1-2H3,(H,19,20). The first-order valence-electron chi connectivity index (χ1n) is 6.06. The molecule has 0 spiro atoms. The van der Waals surface area contributed by atoms with E-state index in [1.54, 1.807) is 25.1 Å². The topological polar surface area (TPSA) is 75.1 Å². The van der Waals surface area contributed by atoms with Crippen LogP contribution in [0.2, 0.25) is 10.0 Å². The summed E-state index contributed by atoms with van der Waals surface area (Å²) in [6.07, 6.45) is 0. The third-order valence-electron chi connectivity index (χ3n) is 3.27. The summed E-state index contributed by atoms with van der Waals surface area (Å²) in [4.78, 5) is 12.6. The molecular formula is C13H13Cl2N3O2S. The minimum Gasteiger partial charge on any atom is -0.480 e. The van der Waals surface area contributed by atoms with Crippen molar-refractivity contribution in [2.75, 3.05) is 0 Å². The van der Waals surface area contributed by atoms with Crippen molar-refractivity contribution in [1.82, 2.24) is 14.9 Å². The molecule has 1 atom stereocenters. The van der Waals surface area contributed by atoms with Crippen LogP contribution in [0.3, 0.4) is 0 Å². The minimum atomic E-state index is -1.29. The zero-order chi connectivity index (χ0) is 15.6. The average molecular weight is 346 g/mol. The Bertz CT molecular complexity index is 677. The van der Waals surface area contributed by atoms with Crippen molar-refractivity contribution < 1.29 is 9.90 Å². The number of halogens is 2. The number of benzene rings is 1. The van der Waals surface area contributed by atoms with E-state index in [0.717, 1.165) is 10.6 Å². The SMILES string of the molecule is Cc1nnsc1CNC(C)(C(=O)O)c1ccc(Cl)c(Cl)c1. The summed E-state index contributed by atoms with van der Waals surface area (Å²) >= 11 is 13.1. The van der Waals surface area contributed by atoms with Crippen molar-refractivity contribution >= 4 is 40.7 Å². The van der Waals surface area contributed by atoms with Crippen LogP contribution in [0.1, 0.15) is 23.1 Å². The lowest BCUT2D eigenvalue weighted by Crippen LogP contribution is -2.46. The van der Waals surface area contributed by atoms with Gasteiger partial charge in [-0.15, -0.1) is 5.10 Å². The van der Waals surface area contributed by atoms with E-state index in [-0.39, 0.29) is 0 Å². The molecule has 0 fully saturated rings. The van der Waals surface area contributed by atoms with Crippen LogP contribution < -0.4 is 5.32 Å². The summed E-state index contributed by atoms with van der Waals surface area (Å²) in [5.74, 6) is -1.00. The maximum absolute atomic E-state index is 11.7. The Labute approximate surface area is 136 Å². The molecule has 112 valence electrons. The average Bonchev–Trinajstić information content (AvgIpc) is 2.84. The van der Waals surface area contributed by atoms with Gasteiger partial charge in [-0.25, -0.2) is 4.79 Å². The van der Waals surface area contributed by atoms with Crippen molar-refractivity contribution in [3.63, 3.8) is 0 Å². The molecule has 0 saturated carbocycles. The first-order valence-corrected chi connectivity index (χ1v) is 7.59. The molecule has 2 rings (SSSR count). The molecular weight excluding hydrogens is 333 g/mol. The normalized spacial score (nSPS) is 13.9. The molecule has 1 unspecified atom stereocenters. The van der Waals surface area contributed by atoms with Crippen molar-refractivity contribution in [2.45, 2.75) is 25.9 Å². The molecule has 1 aromatic carbocycles. The number of rotatable bonds is 5. The molecule has 1 heterocycles. The van der Waals surface area contributed by atoms with Crippen LogP contribution in [0, 0.1) is 6.92 Å². The highest BCUT2D eigenvalue weighted by atomic mass is 35.5. The summed E-state index contributed by atoms with van der Waals surface area (Å²) in [7, 11) is 0. The molecule has 0 amide bonds. The zero-order valence-electron chi connectivity index (χ0n) is 11.4. The second-order valence-electron chi connectivity index (χ2n) is 4.69. The molecule has 0 aliphatic carbocycles. The van der Waals surface area contributed by atoms with Gasteiger partial charge in [-0.05, 0) is 43.1 Å². The van der Waals surface area contributed by atoms with Gasteiger partial charge in [-0.3, -0.25) is 5.32 Å². The van der Waals surface area contributed by atoms with Gasteiger partial charge in [0.05, 0.1) is 20.6 Å². The number of aryl methyl sites for hydroxylation is 1. The Morgan fingerprint density at radius 2 is 2.14 bits per heavy atom. The largest absolute Gasteiger partial charge is 0.480 e. The van der Waals surface area contributed by atoms with Gasteiger partial charge in [-0.1, -0.05) is 33.8 Å². The highest BCUT2D eigenvalue weighted by Gasteiger charge is 2.35. The minimum absolute atomic E-state index is 0.319. The maximum atomic E-state index is 11.7. The first kappa shape index (κ1) is 16.2. The fourth-order valence-electron chi connectivity index (χ4n) is 1.78. The fraction of sp³-hybridized carbons (Fsp3) is 0.308. The van der Waals surface area contributed by atoms with Crippen LogP contribution in [0.4, 0.5) is 0 Å². The van der Waals surface area contributed by atoms with E-state index in [1.807, 2.05) is 6.92 Å². The van der Waals surface area contributed by atoms with Crippen molar-refractivity contribution in [2.24, 2.45) is 0 Å². The van der Waals surface area contributed by atoms with Gasteiger partial charge < -0.3 is 5.11 Å². The van der Waals surface area contributed by atoms with E-state index in [2.05, 4.69) is 14.9 Å². The lowest BCUT2D eigenvalue weighted by atomic mass is 9.92.